The van der Waals surface area contributed by atoms with Crippen LogP contribution in [0.3, 0.4) is 0 Å². The minimum atomic E-state index is -1.66. The lowest BCUT2D eigenvalue weighted by atomic mass is 9.99. The highest BCUT2D eigenvalue weighted by Gasteiger charge is 2.46. The van der Waals surface area contributed by atoms with Gasteiger partial charge in [-0.25, -0.2) is 0 Å². The second-order valence-electron chi connectivity index (χ2n) is 20.1. The third-order valence-electron chi connectivity index (χ3n) is 14.2. The molecule has 0 spiro atoms. The van der Waals surface area contributed by atoms with Gasteiger partial charge in [0.1, 0.15) is 42.0 Å². The molecule has 0 radical (unpaired) electrons. The van der Waals surface area contributed by atoms with Crippen LogP contribution in [0.25, 0.3) is 22.3 Å². The van der Waals surface area contributed by atoms with Gasteiger partial charge in [0.15, 0.2) is 0 Å². The molecule has 3 heterocycles. The molecule has 10 atom stereocenters. The average Bonchev–Trinajstić information content (AvgIpc) is 4.02. The molecular weight excluding hydrogens is 973 g/mol. The van der Waals surface area contributed by atoms with Crippen molar-refractivity contribution < 1.29 is 53.6 Å². The minimum absolute atomic E-state index is 0.00870. The number of aliphatic hydroxyl groups is 3. The lowest BCUT2D eigenvalue weighted by Gasteiger charge is -2.32. The third-order valence-corrected chi connectivity index (χ3v) is 14.2. The van der Waals surface area contributed by atoms with Gasteiger partial charge in [0.2, 0.25) is 35.4 Å². The van der Waals surface area contributed by atoms with Crippen LogP contribution in [0.2, 0.25) is 0 Å². The average molecular weight is 1050 g/mol. The van der Waals surface area contributed by atoms with Crippen LogP contribution in [0, 0.1) is 0 Å². The molecule has 76 heavy (non-hydrogen) atoms. The number of benzene rings is 4. The highest BCUT2D eigenvalue weighted by Crippen LogP contribution is 2.28. The number of rotatable bonds is 14. The van der Waals surface area contributed by atoms with E-state index in [0.29, 0.717) is 6.61 Å². The lowest BCUT2D eigenvalue weighted by Crippen LogP contribution is -2.61. The number of nitrogens with zero attached hydrogens (tertiary/aromatic N) is 2. The molecule has 10 N–H and O–H groups in total. The van der Waals surface area contributed by atoms with Gasteiger partial charge >= 0.3 is 0 Å². The molecule has 0 bridgehead atoms. The molecule has 3 saturated heterocycles. The van der Waals surface area contributed by atoms with E-state index in [2.05, 4.69) is 33.5 Å². The highest BCUT2D eigenvalue weighted by molar-refractivity contribution is 6.00. The van der Waals surface area contributed by atoms with E-state index in [4.69, 9.17) is 10.5 Å². The van der Waals surface area contributed by atoms with Crippen LogP contribution < -0.4 is 37.1 Å². The highest BCUT2D eigenvalue weighted by atomic mass is 16.5. The predicted molar refractivity (Wildman–Crippen MR) is 284 cm³/mol. The molecule has 0 saturated carbocycles. The predicted octanol–water partition coefficient (Wildman–Crippen LogP) is 2.34. The van der Waals surface area contributed by atoms with Crippen molar-refractivity contribution in [3.8, 4) is 28.0 Å². The number of aliphatic hydroxyl groups excluding tert-OH is 3. The monoisotopic (exact) mass is 1040 g/mol. The third kappa shape index (κ3) is 14.6. The molecule has 4 aromatic carbocycles. The van der Waals surface area contributed by atoms with Crippen LogP contribution in [-0.4, -0.2) is 153 Å². The van der Waals surface area contributed by atoms with E-state index in [9.17, 15) is 48.9 Å². The van der Waals surface area contributed by atoms with Gasteiger partial charge < -0.3 is 62.2 Å². The second kappa shape index (κ2) is 26.5. The smallest absolute Gasteiger partial charge is 0.251 e. The summed E-state index contributed by atoms with van der Waals surface area (Å²) in [5.74, 6) is -4.57. The maximum atomic E-state index is 14.4. The Hall–Kier alpha value is -7.19. The number of unbranched alkanes of at least 4 members (excludes halogenated alkanes) is 2. The summed E-state index contributed by atoms with van der Waals surface area (Å²) in [5, 5.41) is 46.3. The van der Waals surface area contributed by atoms with Gasteiger partial charge in [0, 0.05) is 37.7 Å². The van der Waals surface area contributed by atoms with Crippen LogP contribution in [0.15, 0.2) is 103 Å². The van der Waals surface area contributed by atoms with Crippen molar-refractivity contribution in [2.75, 3.05) is 26.2 Å². The Morgan fingerprint density at radius 3 is 1.84 bits per heavy atom. The Balaban J connectivity index is 1.11. The molecule has 3 aliphatic heterocycles. The Morgan fingerprint density at radius 2 is 1.25 bits per heavy atom. The summed E-state index contributed by atoms with van der Waals surface area (Å²) in [6.45, 7) is 4.97. The van der Waals surface area contributed by atoms with E-state index in [1.165, 1.54) is 18.7 Å². The summed E-state index contributed by atoms with van der Waals surface area (Å²) in [6, 6.07) is 22.9. The number of carbonyl (C=O) groups excluding carboxylic acids is 7. The summed E-state index contributed by atoms with van der Waals surface area (Å²) in [4.78, 5) is 101. The van der Waals surface area contributed by atoms with Gasteiger partial charge in [-0.15, -0.1) is 0 Å². The molecule has 7 amide bonds. The van der Waals surface area contributed by atoms with E-state index >= 15 is 0 Å². The zero-order chi connectivity index (χ0) is 54.5. The number of nitrogens with two attached hydrogens (primary N) is 1. The molecule has 19 nitrogen and oxygen atoms in total. The van der Waals surface area contributed by atoms with Crippen molar-refractivity contribution in [1.82, 2.24) is 36.4 Å². The molecule has 19 heteroatoms. The Morgan fingerprint density at radius 1 is 0.697 bits per heavy atom. The number of nitrogens with one attached hydrogen (secondary N) is 5. The molecule has 3 fully saturated rings. The Labute approximate surface area is 443 Å². The van der Waals surface area contributed by atoms with Crippen LogP contribution >= 0.6 is 0 Å². The van der Waals surface area contributed by atoms with Gasteiger partial charge in [0.05, 0.1) is 24.9 Å². The fourth-order valence-corrected chi connectivity index (χ4v) is 9.90. The fourth-order valence-electron chi connectivity index (χ4n) is 9.90. The van der Waals surface area contributed by atoms with Crippen molar-refractivity contribution >= 4 is 41.4 Å². The number of hydrogen-bond donors (Lipinski definition) is 9. The standard InChI is InChI=1S/C57H72N8O11/c1-4-5-9-29-76-44-25-23-40(24-26-44)38-17-15-37(16-18-38)39-19-21-41(22-20-39)51(69)60-45-13-10-28-59-54(72)47-30-42(58)32-64(47)56(74)49(34(2)66)63-53(71)46(27-14-36-11-7-6-8-12-36)61-55(73)48-31-43(68)33-65(48)57(75)50(35(3)67)62-52(45)70/h6-8,11-12,15-26,34-35,42-43,45-50,66-68H,4-5,9-10,13-14,27-33,58H2,1-3H3,(H,59,72)(H,60,69)(H,61,73)(H,62,70)(H,63,71)/t34?,35?,42?,43-,45?,46?,47?,48?,49?,50?/m1/s1. The minimum Gasteiger partial charge on any atom is -0.494 e. The summed E-state index contributed by atoms with van der Waals surface area (Å²) in [7, 11) is 0. The zero-order valence-corrected chi connectivity index (χ0v) is 43.4. The number of ether oxygens (including phenoxy) is 1. The number of carbonyl (C=O) groups is 7. The molecular formula is C57H72N8O11. The zero-order valence-electron chi connectivity index (χ0n) is 43.4. The molecule has 9 unspecified atom stereocenters. The van der Waals surface area contributed by atoms with E-state index in [1.54, 1.807) is 24.3 Å². The molecule has 0 aromatic heterocycles. The van der Waals surface area contributed by atoms with E-state index in [0.717, 1.165) is 57.7 Å². The first-order chi connectivity index (χ1) is 36.5. The first kappa shape index (κ1) is 56.5. The largest absolute Gasteiger partial charge is 0.494 e. The summed E-state index contributed by atoms with van der Waals surface area (Å²) >= 11 is 0. The van der Waals surface area contributed by atoms with Crippen LogP contribution in [-0.2, 0) is 35.2 Å². The number of aryl methyl sites for hydroxylation is 1. The Kier molecular flexibility index (Phi) is 19.7. The van der Waals surface area contributed by atoms with Gasteiger partial charge in [-0.1, -0.05) is 98.6 Å². The molecule has 4 aromatic rings. The molecule has 406 valence electrons. The van der Waals surface area contributed by atoms with Gasteiger partial charge in [-0.05, 0) is 104 Å². The van der Waals surface area contributed by atoms with E-state index in [1.807, 2.05) is 78.9 Å². The molecule has 0 aliphatic carbocycles. The molecule has 3 aliphatic rings. The first-order valence-corrected chi connectivity index (χ1v) is 26.4. The van der Waals surface area contributed by atoms with Crippen molar-refractivity contribution in [2.45, 2.75) is 139 Å². The van der Waals surface area contributed by atoms with E-state index < -0.39 is 102 Å². The topological polar surface area (TPSA) is 282 Å². The summed E-state index contributed by atoms with van der Waals surface area (Å²) < 4.78 is 5.86. The lowest BCUT2D eigenvalue weighted by molar-refractivity contribution is -0.145. The van der Waals surface area contributed by atoms with Crippen molar-refractivity contribution in [2.24, 2.45) is 5.73 Å². The van der Waals surface area contributed by atoms with Crippen LogP contribution in [0.1, 0.15) is 88.1 Å². The van der Waals surface area contributed by atoms with Crippen LogP contribution in [0.5, 0.6) is 5.75 Å². The van der Waals surface area contributed by atoms with Gasteiger partial charge in [-0.2, -0.15) is 0 Å². The first-order valence-electron chi connectivity index (χ1n) is 26.4. The van der Waals surface area contributed by atoms with Crippen molar-refractivity contribution in [1.29, 1.82) is 0 Å². The SMILES string of the molecule is CCCCCOc1ccc(-c2ccc(-c3ccc(C(=O)NC4CCCNC(=O)C5CC(N)CN5C(=O)C(C(C)O)NC(=O)C(CCc5ccccc5)NC(=O)C5C[C@@H](O)CN5C(=O)C(C(C)O)NC4=O)cc3)cc2)cc1. The number of fused-ring (bicyclic) bond motifs is 2. The van der Waals surface area contributed by atoms with Gasteiger partial charge in [-0.3, -0.25) is 33.6 Å². The molecule has 7 rings (SSSR count). The second-order valence-corrected chi connectivity index (χ2v) is 20.1. The maximum absolute atomic E-state index is 14.4. The van der Waals surface area contributed by atoms with Crippen molar-refractivity contribution in [3.05, 3.63) is 114 Å². The van der Waals surface area contributed by atoms with E-state index in [-0.39, 0.29) is 63.7 Å². The Bertz CT molecular complexity index is 2630. The summed E-state index contributed by atoms with van der Waals surface area (Å²) in [6.07, 6.45) is -0.767. The van der Waals surface area contributed by atoms with Crippen molar-refractivity contribution in [3.63, 3.8) is 0 Å². The summed E-state index contributed by atoms with van der Waals surface area (Å²) in [5.41, 5.74) is 11.1. The normalized spacial score (nSPS) is 24.9. The van der Waals surface area contributed by atoms with Crippen LogP contribution in [0.4, 0.5) is 0 Å². The number of hydrogen-bond acceptors (Lipinski definition) is 12. The number of amides is 7. The van der Waals surface area contributed by atoms with Gasteiger partial charge in [0.25, 0.3) is 5.91 Å². The fraction of sp³-hybridized carbons (Fsp3) is 0.456. The quantitative estimate of drug-likeness (QED) is 0.0824. The maximum Gasteiger partial charge on any atom is 0.251 e.